The monoisotopic (exact) mass is 395 g/mol. The van der Waals surface area contributed by atoms with Gasteiger partial charge in [0, 0.05) is 23.7 Å². The number of likely N-dealkylation sites (N-methyl/N-ethyl adjacent to an activating group) is 1. The van der Waals surface area contributed by atoms with E-state index in [0.717, 1.165) is 11.1 Å². The molecule has 0 saturated heterocycles. The Bertz CT molecular complexity index is 959. The van der Waals surface area contributed by atoms with Gasteiger partial charge in [-0.05, 0) is 30.7 Å². The van der Waals surface area contributed by atoms with Crippen LogP contribution in [0.25, 0.3) is 11.1 Å². The highest BCUT2D eigenvalue weighted by molar-refractivity contribution is 7.80. The first-order valence-electron chi connectivity index (χ1n) is 8.74. The number of ketones is 1. The molecule has 0 aliphatic heterocycles. The van der Waals surface area contributed by atoms with Gasteiger partial charge in [-0.3, -0.25) is 4.79 Å². The fraction of sp³-hybridized carbons (Fsp3) is 0.136. The molecule has 1 atom stereocenters. The quantitative estimate of drug-likeness (QED) is 0.374. The zero-order valence-corrected chi connectivity index (χ0v) is 16.5. The fourth-order valence-electron chi connectivity index (χ4n) is 2.92. The molecule has 27 heavy (non-hydrogen) atoms. The van der Waals surface area contributed by atoms with E-state index in [-0.39, 0.29) is 5.78 Å². The maximum atomic E-state index is 13.3. The van der Waals surface area contributed by atoms with Gasteiger partial charge in [-0.25, -0.2) is 0 Å². The summed E-state index contributed by atoms with van der Waals surface area (Å²) in [7, 11) is 0. The standard InChI is InChI=1S/C22H19ClN2OS/c1-2-24-22(27)20(21(26)18-12-6-7-13-19(18)23)25-14-8-11-17(15-25)16-9-4-3-5-10-16/h3-15,20H,2H2,1H3/p+1. The van der Waals surface area contributed by atoms with E-state index in [9.17, 15) is 4.79 Å². The van der Waals surface area contributed by atoms with Crippen LogP contribution in [0, 0.1) is 0 Å². The van der Waals surface area contributed by atoms with Crippen molar-refractivity contribution in [1.29, 1.82) is 0 Å². The number of pyridine rings is 1. The molecule has 3 nitrogen and oxygen atoms in total. The average Bonchev–Trinajstić information content (AvgIpc) is 2.69. The van der Waals surface area contributed by atoms with Crippen LogP contribution in [0.3, 0.4) is 0 Å². The minimum absolute atomic E-state index is 0.137. The van der Waals surface area contributed by atoms with Crippen LogP contribution in [0.15, 0.2) is 79.1 Å². The smallest absolute Gasteiger partial charge is 0.270 e. The lowest BCUT2D eigenvalue weighted by atomic mass is 10.0. The Morgan fingerprint density at radius 2 is 1.70 bits per heavy atom. The second kappa shape index (κ2) is 8.89. The molecule has 1 unspecified atom stereocenters. The number of aromatic nitrogens is 1. The predicted molar refractivity (Wildman–Crippen MR) is 113 cm³/mol. The Kier molecular flexibility index (Phi) is 6.32. The van der Waals surface area contributed by atoms with Gasteiger partial charge in [0.2, 0.25) is 5.78 Å². The van der Waals surface area contributed by atoms with Crippen molar-refractivity contribution in [3.8, 4) is 11.1 Å². The lowest BCUT2D eigenvalue weighted by Gasteiger charge is -2.15. The molecule has 3 aromatic rings. The van der Waals surface area contributed by atoms with Gasteiger partial charge in [-0.2, -0.15) is 4.57 Å². The second-order valence-electron chi connectivity index (χ2n) is 6.05. The lowest BCUT2D eigenvalue weighted by molar-refractivity contribution is -0.691. The molecular formula is C22H20ClN2OS+. The molecule has 0 saturated carbocycles. The maximum Gasteiger partial charge on any atom is 0.270 e. The minimum atomic E-state index is -0.663. The summed E-state index contributed by atoms with van der Waals surface area (Å²) in [5, 5.41) is 3.54. The van der Waals surface area contributed by atoms with E-state index >= 15 is 0 Å². The Balaban J connectivity index is 2.05. The molecule has 0 bridgehead atoms. The van der Waals surface area contributed by atoms with Gasteiger partial charge in [-0.1, -0.05) is 66.3 Å². The summed E-state index contributed by atoms with van der Waals surface area (Å²) >= 11 is 11.8. The summed E-state index contributed by atoms with van der Waals surface area (Å²) in [4.78, 5) is 13.8. The lowest BCUT2D eigenvalue weighted by Crippen LogP contribution is -2.51. The molecule has 0 aliphatic carbocycles. The topological polar surface area (TPSA) is 33.0 Å². The normalized spacial score (nSPS) is 11.6. The number of rotatable bonds is 6. The number of nitrogens with one attached hydrogen (secondary N) is 1. The third-order valence-corrected chi connectivity index (χ3v) is 4.91. The first-order chi connectivity index (χ1) is 13.1. The molecule has 1 heterocycles. The van der Waals surface area contributed by atoms with E-state index in [4.69, 9.17) is 23.8 Å². The summed E-state index contributed by atoms with van der Waals surface area (Å²) in [6, 6.07) is 20.3. The second-order valence-corrected chi connectivity index (χ2v) is 6.89. The molecule has 1 aromatic heterocycles. The van der Waals surface area contributed by atoms with Crippen LogP contribution in [0.1, 0.15) is 23.3 Å². The molecule has 0 aliphatic rings. The number of hydrogen-bond donors (Lipinski definition) is 1. The summed E-state index contributed by atoms with van der Waals surface area (Å²) in [5.41, 5.74) is 2.54. The highest BCUT2D eigenvalue weighted by Gasteiger charge is 2.34. The van der Waals surface area contributed by atoms with Crippen molar-refractivity contribution in [2.75, 3.05) is 6.54 Å². The summed E-state index contributed by atoms with van der Waals surface area (Å²) in [6.45, 7) is 2.60. The summed E-state index contributed by atoms with van der Waals surface area (Å²) < 4.78 is 1.85. The van der Waals surface area contributed by atoms with Crippen LogP contribution in [0.4, 0.5) is 0 Å². The molecule has 0 amide bonds. The van der Waals surface area contributed by atoms with Gasteiger partial charge in [0.1, 0.15) is 0 Å². The number of halogens is 1. The molecular weight excluding hydrogens is 376 g/mol. The van der Waals surface area contributed by atoms with Crippen molar-refractivity contribution in [3.05, 3.63) is 89.7 Å². The SMILES string of the molecule is CCNC(=S)C(C(=O)c1ccccc1Cl)[n+]1cccc(-c2ccccc2)c1. The number of nitrogens with zero attached hydrogens (tertiary/aromatic N) is 1. The Morgan fingerprint density at radius 1 is 1.04 bits per heavy atom. The number of carbonyl (C=O) groups is 1. The number of benzene rings is 2. The molecule has 5 heteroatoms. The van der Waals surface area contributed by atoms with E-state index in [2.05, 4.69) is 5.32 Å². The molecule has 136 valence electrons. The van der Waals surface area contributed by atoms with Crippen molar-refractivity contribution in [1.82, 2.24) is 5.32 Å². The largest absolute Gasteiger partial charge is 0.374 e. The van der Waals surface area contributed by atoms with Gasteiger partial charge in [0.05, 0.1) is 5.02 Å². The van der Waals surface area contributed by atoms with Crippen molar-refractivity contribution >= 4 is 34.6 Å². The van der Waals surface area contributed by atoms with E-state index in [1.165, 1.54) is 0 Å². The van der Waals surface area contributed by atoms with Gasteiger partial charge < -0.3 is 5.32 Å². The van der Waals surface area contributed by atoms with Gasteiger partial charge >= 0.3 is 0 Å². The van der Waals surface area contributed by atoms with Crippen molar-refractivity contribution in [2.45, 2.75) is 13.0 Å². The third kappa shape index (κ3) is 4.41. The number of hydrogen-bond acceptors (Lipinski definition) is 2. The van der Waals surface area contributed by atoms with Crippen LogP contribution in [0.2, 0.25) is 5.02 Å². The Labute approximate surface area is 169 Å². The van der Waals surface area contributed by atoms with Crippen LogP contribution < -0.4 is 9.88 Å². The minimum Gasteiger partial charge on any atom is -0.374 e. The van der Waals surface area contributed by atoms with Gasteiger partial charge in [0.25, 0.3) is 6.04 Å². The zero-order valence-electron chi connectivity index (χ0n) is 14.9. The number of carbonyl (C=O) groups excluding carboxylic acids is 1. The fourth-order valence-corrected chi connectivity index (χ4v) is 3.53. The predicted octanol–water partition coefficient (Wildman–Crippen LogP) is 4.66. The number of Topliss-reactive ketones (excluding diaryl/α,β-unsaturated/α-hetero) is 1. The van der Waals surface area contributed by atoms with Crippen LogP contribution in [0.5, 0.6) is 0 Å². The van der Waals surface area contributed by atoms with E-state index in [1.807, 2.05) is 66.3 Å². The molecule has 2 aromatic carbocycles. The number of thiocarbonyl (C=S) groups is 1. The van der Waals surface area contributed by atoms with Gasteiger partial charge in [-0.15, -0.1) is 0 Å². The molecule has 3 rings (SSSR count). The van der Waals surface area contributed by atoms with E-state index in [0.29, 0.717) is 22.1 Å². The Morgan fingerprint density at radius 3 is 2.41 bits per heavy atom. The maximum absolute atomic E-state index is 13.3. The molecule has 0 radical (unpaired) electrons. The summed E-state index contributed by atoms with van der Waals surface area (Å²) in [5.74, 6) is -0.137. The van der Waals surface area contributed by atoms with Crippen molar-refractivity contribution in [2.24, 2.45) is 0 Å². The molecule has 0 spiro atoms. The third-order valence-electron chi connectivity index (χ3n) is 4.21. The highest BCUT2D eigenvalue weighted by Crippen LogP contribution is 2.21. The van der Waals surface area contributed by atoms with E-state index < -0.39 is 6.04 Å². The average molecular weight is 396 g/mol. The Hall–Kier alpha value is -2.56. The van der Waals surface area contributed by atoms with E-state index in [1.54, 1.807) is 24.3 Å². The molecule has 0 fully saturated rings. The van der Waals surface area contributed by atoms with Crippen molar-refractivity contribution < 1.29 is 9.36 Å². The highest BCUT2D eigenvalue weighted by atomic mass is 35.5. The van der Waals surface area contributed by atoms with Crippen molar-refractivity contribution in [3.63, 3.8) is 0 Å². The van der Waals surface area contributed by atoms with Crippen LogP contribution >= 0.6 is 23.8 Å². The first-order valence-corrected chi connectivity index (χ1v) is 9.53. The zero-order chi connectivity index (χ0) is 19.2. The van der Waals surface area contributed by atoms with Crippen LogP contribution in [-0.2, 0) is 0 Å². The van der Waals surface area contributed by atoms with Crippen LogP contribution in [-0.4, -0.2) is 17.3 Å². The first kappa shape index (κ1) is 19.2. The molecule has 1 N–H and O–H groups in total. The van der Waals surface area contributed by atoms with Gasteiger partial charge in [0.15, 0.2) is 17.4 Å². The summed E-state index contributed by atoms with van der Waals surface area (Å²) in [6.07, 6.45) is 3.80.